The van der Waals surface area contributed by atoms with Gasteiger partial charge in [-0.3, -0.25) is 4.68 Å². The summed E-state index contributed by atoms with van der Waals surface area (Å²) >= 11 is 0. The highest BCUT2D eigenvalue weighted by Crippen LogP contribution is 2.17. The lowest BCUT2D eigenvalue weighted by Crippen LogP contribution is -2.29. The number of rotatable bonds is 7. The molecule has 24 heavy (non-hydrogen) atoms. The van der Waals surface area contributed by atoms with Crippen LogP contribution >= 0.6 is 0 Å². The maximum atomic E-state index is 12.3. The lowest BCUT2D eigenvalue weighted by atomic mass is 10.2. The second kappa shape index (κ2) is 7.52. The molecule has 1 aliphatic heterocycles. The number of alkyl halides is 2. The van der Waals surface area contributed by atoms with Crippen molar-refractivity contribution in [2.24, 2.45) is 0 Å². The SMILES string of the molecule is Cc1cnc(Nc2cnn(CC(F)F)c2)nc1NC[C@@H]1CCCN1. The molecule has 0 bridgehead atoms. The van der Waals surface area contributed by atoms with Crippen LogP contribution in [0.4, 0.5) is 26.2 Å². The smallest absolute Gasteiger partial charge is 0.257 e. The number of nitrogens with zero attached hydrogens (tertiary/aromatic N) is 4. The monoisotopic (exact) mass is 337 g/mol. The second-order valence-electron chi connectivity index (χ2n) is 5.87. The summed E-state index contributed by atoms with van der Waals surface area (Å²) < 4.78 is 25.9. The predicted molar refractivity (Wildman–Crippen MR) is 87.8 cm³/mol. The van der Waals surface area contributed by atoms with Crippen molar-refractivity contribution in [3.05, 3.63) is 24.2 Å². The maximum Gasteiger partial charge on any atom is 0.257 e. The van der Waals surface area contributed by atoms with Crippen LogP contribution in [0, 0.1) is 6.92 Å². The van der Waals surface area contributed by atoms with Crippen molar-refractivity contribution in [1.82, 2.24) is 25.1 Å². The first-order valence-corrected chi connectivity index (χ1v) is 7.98. The van der Waals surface area contributed by atoms with Gasteiger partial charge in [0.2, 0.25) is 5.95 Å². The summed E-state index contributed by atoms with van der Waals surface area (Å²) in [6, 6.07) is 0.461. The van der Waals surface area contributed by atoms with Gasteiger partial charge in [0.15, 0.2) is 0 Å². The third-order valence-electron chi connectivity index (χ3n) is 3.86. The number of anilines is 3. The molecule has 0 aromatic carbocycles. The van der Waals surface area contributed by atoms with Gasteiger partial charge in [0.05, 0.1) is 11.9 Å². The molecule has 0 amide bonds. The van der Waals surface area contributed by atoms with Crippen molar-refractivity contribution in [3.63, 3.8) is 0 Å². The van der Waals surface area contributed by atoms with Crippen molar-refractivity contribution in [2.45, 2.75) is 38.8 Å². The van der Waals surface area contributed by atoms with E-state index in [9.17, 15) is 8.78 Å². The summed E-state index contributed by atoms with van der Waals surface area (Å²) in [5.74, 6) is 1.17. The van der Waals surface area contributed by atoms with Gasteiger partial charge in [0, 0.05) is 30.5 Å². The first-order chi connectivity index (χ1) is 11.6. The van der Waals surface area contributed by atoms with Gasteiger partial charge >= 0.3 is 0 Å². The number of hydrogen-bond donors (Lipinski definition) is 3. The molecule has 1 aliphatic rings. The topological polar surface area (TPSA) is 79.7 Å². The Balaban J connectivity index is 1.63. The van der Waals surface area contributed by atoms with Crippen molar-refractivity contribution in [3.8, 4) is 0 Å². The van der Waals surface area contributed by atoms with E-state index in [1.165, 1.54) is 23.5 Å². The van der Waals surface area contributed by atoms with Crippen LogP contribution in [0.2, 0.25) is 0 Å². The number of hydrogen-bond acceptors (Lipinski definition) is 6. The van der Waals surface area contributed by atoms with Crippen LogP contribution in [0.1, 0.15) is 18.4 Å². The van der Waals surface area contributed by atoms with Gasteiger partial charge in [-0.1, -0.05) is 0 Å². The Morgan fingerprint density at radius 1 is 1.42 bits per heavy atom. The van der Waals surface area contributed by atoms with Crippen molar-refractivity contribution in [1.29, 1.82) is 0 Å². The molecule has 3 N–H and O–H groups in total. The van der Waals surface area contributed by atoms with Crippen molar-refractivity contribution >= 4 is 17.5 Å². The number of halogens is 2. The molecule has 2 aromatic heterocycles. The van der Waals surface area contributed by atoms with Crippen LogP contribution in [0.5, 0.6) is 0 Å². The predicted octanol–water partition coefficient (Wildman–Crippen LogP) is 2.15. The fourth-order valence-corrected chi connectivity index (χ4v) is 2.63. The quantitative estimate of drug-likeness (QED) is 0.718. The van der Waals surface area contributed by atoms with Crippen LogP contribution in [0.25, 0.3) is 0 Å². The summed E-state index contributed by atoms with van der Waals surface area (Å²) in [6.45, 7) is 3.38. The minimum absolute atomic E-state index is 0.402. The Labute approximate surface area is 138 Å². The van der Waals surface area contributed by atoms with E-state index >= 15 is 0 Å². The lowest BCUT2D eigenvalue weighted by Gasteiger charge is -2.14. The second-order valence-corrected chi connectivity index (χ2v) is 5.87. The van der Waals surface area contributed by atoms with Crippen LogP contribution < -0.4 is 16.0 Å². The molecule has 7 nitrogen and oxygen atoms in total. The van der Waals surface area contributed by atoms with Crippen molar-refractivity contribution < 1.29 is 8.78 Å². The van der Waals surface area contributed by atoms with Gasteiger partial charge in [-0.15, -0.1) is 0 Å². The van der Waals surface area contributed by atoms with E-state index in [0.717, 1.165) is 30.9 Å². The molecule has 3 rings (SSSR count). The Kier molecular flexibility index (Phi) is 5.19. The van der Waals surface area contributed by atoms with Crippen LogP contribution in [-0.2, 0) is 6.54 Å². The highest BCUT2D eigenvalue weighted by atomic mass is 19.3. The maximum absolute atomic E-state index is 12.3. The average Bonchev–Trinajstić information content (AvgIpc) is 3.19. The molecule has 1 atom stereocenters. The molecule has 0 radical (unpaired) electrons. The number of aromatic nitrogens is 4. The summed E-state index contributed by atoms with van der Waals surface area (Å²) in [6.07, 6.45) is 4.62. The zero-order valence-corrected chi connectivity index (χ0v) is 13.5. The van der Waals surface area contributed by atoms with Crippen molar-refractivity contribution in [2.75, 3.05) is 23.7 Å². The van der Waals surface area contributed by atoms with E-state index in [4.69, 9.17) is 0 Å². The molecule has 1 saturated heterocycles. The lowest BCUT2D eigenvalue weighted by molar-refractivity contribution is 0.122. The van der Waals surface area contributed by atoms with Gasteiger partial charge in [0.25, 0.3) is 6.43 Å². The summed E-state index contributed by atoms with van der Waals surface area (Å²) in [7, 11) is 0. The Morgan fingerprint density at radius 3 is 3.04 bits per heavy atom. The minimum Gasteiger partial charge on any atom is -0.368 e. The van der Waals surface area contributed by atoms with E-state index in [-0.39, 0.29) is 0 Å². The zero-order valence-electron chi connectivity index (χ0n) is 13.5. The van der Waals surface area contributed by atoms with E-state index in [1.54, 1.807) is 6.20 Å². The summed E-state index contributed by atoms with van der Waals surface area (Å²) in [5.41, 5.74) is 1.52. The normalized spacial score (nSPS) is 17.4. The van der Waals surface area contributed by atoms with Gasteiger partial charge in [0.1, 0.15) is 12.4 Å². The molecule has 1 fully saturated rings. The van der Waals surface area contributed by atoms with Gasteiger partial charge in [-0.05, 0) is 26.3 Å². The highest BCUT2D eigenvalue weighted by molar-refractivity contribution is 5.54. The Bertz CT molecular complexity index is 668. The van der Waals surface area contributed by atoms with E-state index < -0.39 is 13.0 Å². The Hall–Kier alpha value is -2.29. The Morgan fingerprint density at radius 2 is 2.29 bits per heavy atom. The standard InChI is InChI=1S/C15H21F2N7/c1-10-5-20-15(22-12-7-21-24(8-12)9-13(16)17)23-14(10)19-6-11-3-2-4-18-11/h5,7-8,11,13,18H,2-4,6,9H2,1H3,(H2,19,20,22,23)/t11-/m0/s1. The molecule has 3 heterocycles. The van der Waals surface area contributed by atoms with Crippen LogP contribution in [-0.4, -0.2) is 45.3 Å². The summed E-state index contributed by atoms with van der Waals surface area (Å²) in [5, 5.41) is 13.6. The molecule has 0 aliphatic carbocycles. The zero-order chi connectivity index (χ0) is 16.9. The highest BCUT2D eigenvalue weighted by Gasteiger charge is 2.14. The van der Waals surface area contributed by atoms with Gasteiger partial charge < -0.3 is 16.0 Å². The first-order valence-electron chi connectivity index (χ1n) is 7.98. The fourth-order valence-electron chi connectivity index (χ4n) is 2.63. The fraction of sp³-hybridized carbons (Fsp3) is 0.533. The molecular formula is C15H21F2N7. The third-order valence-corrected chi connectivity index (χ3v) is 3.86. The first kappa shape index (κ1) is 16.6. The molecule has 0 saturated carbocycles. The number of aryl methyl sites for hydroxylation is 1. The van der Waals surface area contributed by atoms with E-state index in [2.05, 4.69) is 31.0 Å². The molecule has 130 valence electrons. The third kappa shape index (κ3) is 4.38. The van der Waals surface area contributed by atoms with Gasteiger partial charge in [-0.25, -0.2) is 13.8 Å². The molecule has 9 heteroatoms. The van der Waals surface area contributed by atoms with Crippen LogP contribution in [0.3, 0.4) is 0 Å². The van der Waals surface area contributed by atoms with E-state index in [1.807, 2.05) is 6.92 Å². The summed E-state index contributed by atoms with van der Waals surface area (Å²) in [4.78, 5) is 8.67. The van der Waals surface area contributed by atoms with Gasteiger partial charge in [-0.2, -0.15) is 10.1 Å². The largest absolute Gasteiger partial charge is 0.368 e. The molecule has 2 aromatic rings. The van der Waals surface area contributed by atoms with Crippen LogP contribution in [0.15, 0.2) is 18.6 Å². The molecular weight excluding hydrogens is 316 g/mol. The molecule has 0 unspecified atom stereocenters. The average molecular weight is 337 g/mol. The minimum atomic E-state index is -2.44. The number of nitrogens with one attached hydrogen (secondary N) is 3. The van der Waals surface area contributed by atoms with E-state index in [0.29, 0.717) is 17.7 Å². The molecule has 0 spiro atoms.